The molecule has 0 spiro atoms. The number of esters is 1. The molecule has 0 atom stereocenters. The van der Waals surface area contributed by atoms with Crippen LogP contribution in [0.25, 0.3) is 0 Å². The Morgan fingerprint density at radius 2 is 1.92 bits per heavy atom. The molecule has 2 heterocycles. The topological polar surface area (TPSA) is 117 Å². The Hall–Kier alpha value is -3.36. The van der Waals surface area contributed by atoms with Gasteiger partial charge in [-0.15, -0.1) is 0 Å². The van der Waals surface area contributed by atoms with Crippen molar-refractivity contribution in [1.29, 1.82) is 0 Å². The van der Waals surface area contributed by atoms with Gasteiger partial charge in [-0.2, -0.15) is 0 Å². The van der Waals surface area contributed by atoms with E-state index < -0.39 is 18.5 Å². The average Bonchev–Trinajstić information content (AvgIpc) is 3.20. The molecule has 0 radical (unpaired) electrons. The quantitative estimate of drug-likeness (QED) is 0.642. The molecule has 2 aromatic rings. The third-order valence-corrected chi connectivity index (χ3v) is 3.33. The fourth-order valence-corrected chi connectivity index (χ4v) is 2.18. The lowest BCUT2D eigenvalue weighted by Gasteiger charge is -2.10. The predicted octanol–water partition coefficient (Wildman–Crippen LogP) is 1.71. The predicted molar refractivity (Wildman–Crippen MR) is 82.7 cm³/mol. The van der Waals surface area contributed by atoms with Gasteiger partial charge in [-0.3, -0.25) is 9.59 Å². The molecule has 0 saturated carbocycles. The zero-order chi connectivity index (χ0) is 18.0. The molecule has 0 fully saturated rings. The lowest BCUT2D eigenvalue weighted by molar-refractivity contribution is -0.119. The largest absolute Gasteiger partial charge is 0.454 e. The highest BCUT2D eigenvalue weighted by molar-refractivity contribution is 6.05. The second-order valence-corrected chi connectivity index (χ2v) is 5.26. The standard InChI is InChI=1S/C16H14N2O7/c1-8-3-14(25-18-8)16(21)22-6-15(20)17-11-5-13-12(23-7-24-13)4-10(11)9(2)19/h3-5H,6-7H2,1-2H3,(H,17,20). The summed E-state index contributed by atoms with van der Waals surface area (Å²) in [5.41, 5.74) is 1.02. The van der Waals surface area contributed by atoms with E-state index in [0.29, 0.717) is 17.2 Å². The number of hydrogen-bond donors (Lipinski definition) is 1. The highest BCUT2D eigenvalue weighted by Crippen LogP contribution is 2.37. The first-order chi connectivity index (χ1) is 11.9. The van der Waals surface area contributed by atoms with Crippen LogP contribution in [0.5, 0.6) is 11.5 Å². The molecule has 1 aromatic carbocycles. The summed E-state index contributed by atoms with van der Waals surface area (Å²) in [5, 5.41) is 6.07. The second-order valence-electron chi connectivity index (χ2n) is 5.26. The number of ketones is 1. The van der Waals surface area contributed by atoms with E-state index in [9.17, 15) is 14.4 Å². The zero-order valence-corrected chi connectivity index (χ0v) is 13.5. The Bertz CT molecular complexity index is 856. The number of carbonyl (C=O) groups is 3. The molecule has 1 aromatic heterocycles. The molecule has 0 aliphatic carbocycles. The monoisotopic (exact) mass is 346 g/mol. The lowest BCUT2D eigenvalue weighted by Crippen LogP contribution is -2.21. The van der Waals surface area contributed by atoms with Gasteiger partial charge in [0.15, 0.2) is 23.9 Å². The van der Waals surface area contributed by atoms with E-state index in [2.05, 4.69) is 10.5 Å². The number of hydrogen-bond acceptors (Lipinski definition) is 8. The van der Waals surface area contributed by atoms with Gasteiger partial charge in [0.25, 0.3) is 5.91 Å². The number of amides is 1. The minimum atomic E-state index is -0.812. The molecule has 1 amide bonds. The van der Waals surface area contributed by atoms with Gasteiger partial charge in [0.2, 0.25) is 12.6 Å². The normalized spacial score (nSPS) is 11.9. The number of aromatic nitrogens is 1. The van der Waals surface area contributed by atoms with Crippen molar-refractivity contribution in [2.24, 2.45) is 0 Å². The molecule has 1 N–H and O–H groups in total. The first-order valence-corrected chi connectivity index (χ1v) is 7.29. The Labute approximate surface area is 141 Å². The fraction of sp³-hybridized carbons (Fsp3) is 0.250. The van der Waals surface area contributed by atoms with Crippen LogP contribution < -0.4 is 14.8 Å². The molecule has 25 heavy (non-hydrogen) atoms. The number of nitrogens with zero attached hydrogens (tertiary/aromatic N) is 1. The van der Waals surface area contributed by atoms with Crippen LogP contribution in [0.2, 0.25) is 0 Å². The molecular weight excluding hydrogens is 332 g/mol. The number of anilines is 1. The Balaban J connectivity index is 1.66. The summed E-state index contributed by atoms with van der Waals surface area (Å²) in [6.07, 6.45) is 0. The number of rotatable bonds is 5. The maximum atomic E-state index is 12.0. The Morgan fingerprint density at radius 1 is 1.20 bits per heavy atom. The van der Waals surface area contributed by atoms with Gasteiger partial charge in [0.1, 0.15) is 0 Å². The Kier molecular flexibility index (Phi) is 4.38. The van der Waals surface area contributed by atoms with Crippen LogP contribution in [0.4, 0.5) is 5.69 Å². The zero-order valence-electron chi connectivity index (χ0n) is 13.5. The highest BCUT2D eigenvalue weighted by Gasteiger charge is 2.21. The van der Waals surface area contributed by atoms with Crippen LogP contribution in [-0.4, -0.2) is 36.2 Å². The minimum Gasteiger partial charge on any atom is -0.454 e. The van der Waals surface area contributed by atoms with Gasteiger partial charge >= 0.3 is 5.97 Å². The van der Waals surface area contributed by atoms with E-state index in [1.807, 2.05) is 0 Å². The summed E-state index contributed by atoms with van der Waals surface area (Å²) < 4.78 is 20.0. The molecular formula is C16H14N2O7. The molecule has 0 bridgehead atoms. The van der Waals surface area contributed by atoms with E-state index in [1.54, 1.807) is 6.92 Å². The summed E-state index contributed by atoms with van der Waals surface area (Å²) in [6, 6.07) is 4.37. The molecule has 1 aliphatic rings. The minimum absolute atomic E-state index is 0.0400. The summed E-state index contributed by atoms with van der Waals surface area (Å²) in [7, 11) is 0. The van der Waals surface area contributed by atoms with Gasteiger partial charge in [-0.05, 0) is 19.9 Å². The molecule has 9 nitrogen and oxygen atoms in total. The summed E-state index contributed by atoms with van der Waals surface area (Å²) in [4.78, 5) is 35.5. The van der Waals surface area contributed by atoms with Crippen molar-refractivity contribution in [3.05, 3.63) is 35.2 Å². The smallest absolute Gasteiger partial charge is 0.377 e. The third kappa shape index (κ3) is 3.60. The maximum Gasteiger partial charge on any atom is 0.377 e. The van der Waals surface area contributed by atoms with E-state index in [-0.39, 0.29) is 29.6 Å². The van der Waals surface area contributed by atoms with Crippen LogP contribution in [0.3, 0.4) is 0 Å². The number of benzene rings is 1. The Morgan fingerprint density at radius 3 is 2.56 bits per heavy atom. The molecule has 130 valence electrons. The number of ether oxygens (including phenoxy) is 3. The van der Waals surface area contributed by atoms with Crippen molar-refractivity contribution in [1.82, 2.24) is 5.16 Å². The van der Waals surface area contributed by atoms with Crippen molar-refractivity contribution in [2.45, 2.75) is 13.8 Å². The van der Waals surface area contributed by atoms with Crippen molar-refractivity contribution in [3.63, 3.8) is 0 Å². The van der Waals surface area contributed by atoms with Gasteiger partial charge in [0.05, 0.1) is 11.4 Å². The van der Waals surface area contributed by atoms with Crippen LogP contribution in [0, 0.1) is 6.92 Å². The van der Waals surface area contributed by atoms with Crippen LogP contribution in [0.1, 0.15) is 33.5 Å². The molecule has 1 aliphatic heterocycles. The van der Waals surface area contributed by atoms with Crippen LogP contribution >= 0.6 is 0 Å². The maximum absolute atomic E-state index is 12.0. The number of Topliss-reactive ketones (excluding diaryl/α,β-unsaturated/α-hetero) is 1. The highest BCUT2D eigenvalue weighted by atomic mass is 16.7. The van der Waals surface area contributed by atoms with Gasteiger partial charge < -0.3 is 24.1 Å². The van der Waals surface area contributed by atoms with E-state index in [4.69, 9.17) is 18.7 Å². The van der Waals surface area contributed by atoms with E-state index in [1.165, 1.54) is 25.1 Å². The lowest BCUT2D eigenvalue weighted by atomic mass is 10.1. The van der Waals surface area contributed by atoms with Gasteiger partial charge in [0, 0.05) is 17.7 Å². The van der Waals surface area contributed by atoms with Crippen molar-refractivity contribution < 1.29 is 33.1 Å². The van der Waals surface area contributed by atoms with Crippen molar-refractivity contribution in [3.8, 4) is 11.5 Å². The molecule has 3 rings (SSSR count). The number of aryl methyl sites for hydroxylation is 1. The summed E-state index contributed by atoms with van der Waals surface area (Å²) >= 11 is 0. The van der Waals surface area contributed by atoms with E-state index >= 15 is 0 Å². The number of nitrogens with one attached hydrogen (secondary N) is 1. The first kappa shape index (κ1) is 16.5. The van der Waals surface area contributed by atoms with Crippen LogP contribution in [-0.2, 0) is 9.53 Å². The second kappa shape index (κ2) is 6.63. The van der Waals surface area contributed by atoms with Gasteiger partial charge in [-0.1, -0.05) is 5.16 Å². The fourth-order valence-electron chi connectivity index (χ4n) is 2.18. The number of fused-ring (bicyclic) bond motifs is 1. The molecule has 0 saturated heterocycles. The summed E-state index contributed by atoms with van der Waals surface area (Å²) in [6.45, 7) is 2.50. The van der Waals surface area contributed by atoms with E-state index in [0.717, 1.165) is 0 Å². The number of carbonyl (C=O) groups excluding carboxylic acids is 3. The third-order valence-electron chi connectivity index (χ3n) is 3.33. The average molecular weight is 346 g/mol. The van der Waals surface area contributed by atoms with Crippen molar-refractivity contribution >= 4 is 23.3 Å². The van der Waals surface area contributed by atoms with Gasteiger partial charge in [-0.25, -0.2) is 4.79 Å². The molecule has 9 heteroatoms. The first-order valence-electron chi connectivity index (χ1n) is 7.29. The van der Waals surface area contributed by atoms with Crippen LogP contribution in [0.15, 0.2) is 22.7 Å². The molecule has 0 unspecified atom stereocenters. The van der Waals surface area contributed by atoms with Crippen molar-refractivity contribution in [2.75, 3.05) is 18.7 Å². The summed E-state index contributed by atoms with van der Waals surface area (Å²) in [5.74, 6) is -0.954. The SMILES string of the molecule is CC(=O)c1cc2c(cc1NC(=O)COC(=O)c1cc(C)no1)OCO2.